The van der Waals surface area contributed by atoms with Crippen molar-refractivity contribution in [2.75, 3.05) is 0 Å². The van der Waals surface area contributed by atoms with Crippen molar-refractivity contribution >= 4 is 45.4 Å². The van der Waals surface area contributed by atoms with E-state index in [2.05, 4.69) is 0 Å². The first-order valence-electron chi connectivity index (χ1n) is 8.24. The maximum Gasteiger partial charge on any atom is 0.224 e. The van der Waals surface area contributed by atoms with Crippen molar-refractivity contribution in [2.45, 2.75) is 9.79 Å². The van der Waals surface area contributed by atoms with Gasteiger partial charge < -0.3 is 0 Å². The van der Waals surface area contributed by atoms with Gasteiger partial charge in [-0.05, 0) is 90.3 Å². The lowest BCUT2D eigenvalue weighted by molar-refractivity contribution is 0.108. The van der Waals surface area contributed by atoms with E-state index in [9.17, 15) is 9.59 Å². The monoisotopic (exact) mass is 434 g/mol. The Hall–Kier alpha value is -3.03. The zero-order valence-electron chi connectivity index (χ0n) is 14.8. The lowest BCUT2D eigenvalue weighted by Gasteiger charge is -2.07. The molecule has 0 aromatic heterocycles. The van der Waals surface area contributed by atoms with E-state index in [1.54, 1.807) is 66.7 Å². The molecule has 0 saturated carbocycles. The van der Waals surface area contributed by atoms with Crippen molar-refractivity contribution in [1.82, 2.24) is 0 Å². The van der Waals surface area contributed by atoms with Crippen molar-refractivity contribution in [2.24, 2.45) is 0 Å². The molecular formula is C22H11ClN2O2S2. The average molecular weight is 435 g/mol. The summed E-state index contributed by atoms with van der Waals surface area (Å²) >= 11 is 8.21. The Morgan fingerprint density at radius 2 is 1.21 bits per heavy atom. The predicted octanol–water partition coefficient (Wildman–Crippen LogP) is 5.95. The summed E-state index contributed by atoms with van der Waals surface area (Å²) in [6.07, 6.45) is 0. The minimum Gasteiger partial charge on any atom is -0.281 e. The molecule has 0 amide bonds. The molecule has 29 heavy (non-hydrogen) atoms. The van der Waals surface area contributed by atoms with Gasteiger partial charge in [0.15, 0.2) is 0 Å². The number of nitriles is 2. The second-order valence-corrected chi connectivity index (χ2v) is 8.22. The molecule has 0 bridgehead atoms. The third-order valence-corrected chi connectivity index (χ3v) is 6.15. The summed E-state index contributed by atoms with van der Waals surface area (Å²) < 4.78 is 0. The summed E-state index contributed by atoms with van der Waals surface area (Å²) in [6.45, 7) is 0. The highest BCUT2D eigenvalue weighted by Crippen LogP contribution is 2.34. The molecule has 3 rings (SSSR count). The summed E-state index contributed by atoms with van der Waals surface area (Å²) in [6, 6.07) is 21.8. The zero-order chi connectivity index (χ0) is 20.8. The van der Waals surface area contributed by atoms with Crippen LogP contribution in [-0.4, -0.2) is 10.2 Å². The first-order valence-corrected chi connectivity index (χ1v) is 10.3. The molecule has 0 aliphatic rings. The van der Waals surface area contributed by atoms with E-state index < -0.39 is 0 Å². The largest absolute Gasteiger partial charge is 0.281 e. The SMILES string of the molecule is N#Cc1ccc(C(=O)Sc2ccc(Cl)c(SC(=O)c3ccc(C#N)cc3)c2)cc1. The number of carbonyl (C=O) groups excluding carboxylic acids is 2. The van der Waals surface area contributed by atoms with Gasteiger partial charge >= 0.3 is 0 Å². The summed E-state index contributed by atoms with van der Waals surface area (Å²) in [5, 5.41) is 17.7. The number of nitrogens with zero attached hydrogens (tertiary/aromatic N) is 2. The zero-order valence-corrected chi connectivity index (χ0v) is 17.1. The molecule has 0 radical (unpaired) electrons. The van der Waals surface area contributed by atoms with Crippen molar-refractivity contribution in [3.63, 3.8) is 0 Å². The highest BCUT2D eigenvalue weighted by atomic mass is 35.5. The van der Waals surface area contributed by atoms with Crippen LogP contribution in [0.25, 0.3) is 0 Å². The van der Waals surface area contributed by atoms with Crippen LogP contribution in [0.1, 0.15) is 31.8 Å². The minimum absolute atomic E-state index is 0.175. The molecule has 3 aromatic carbocycles. The number of carbonyl (C=O) groups is 2. The fourth-order valence-electron chi connectivity index (χ4n) is 2.31. The smallest absolute Gasteiger partial charge is 0.224 e. The molecule has 4 nitrogen and oxygen atoms in total. The number of hydrogen-bond donors (Lipinski definition) is 0. The summed E-state index contributed by atoms with van der Waals surface area (Å²) in [7, 11) is 0. The van der Waals surface area contributed by atoms with Gasteiger partial charge in [0.1, 0.15) is 0 Å². The lowest BCUT2D eigenvalue weighted by atomic mass is 10.2. The van der Waals surface area contributed by atoms with E-state index in [0.717, 1.165) is 23.5 Å². The molecule has 0 fully saturated rings. The minimum atomic E-state index is -0.211. The molecule has 140 valence electrons. The summed E-state index contributed by atoms with van der Waals surface area (Å²) in [4.78, 5) is 26.2. The van der Waals surface area contributed by atoms with Crippen LogP contribution < -0.4 is 0 Å². The molecule has 0 atom stereocenters. The molecule has 0 aliphatic carbocycles. The number of rotatable bonds is 4. The number of thioether (sulfide) groups is 2. The second-order valence-electron chi connectivity index (χ2n) is 5.75. The molecule has 0 unspecified atom stereocenters. The Labute approximate surface area is 181 Å². The van der Waals surface area contributed by atoms with Gasteiger partial charge in [0.25, 0.3) is 0 Å². The van der Waals surface area contributed by atoms with E-state index in [0.29, 0.717) is 37.1 Å². The molecule has 0 N–H and O–H groups in total. The summed E-state index contributed by atoms with van der Waals surface area (Å²) in [5.41, 5.74) is 1.89. The van der Waals surface area contributed by atoms with Crippen LogP contribution in [0.5, 0.6) is 0 Å². The van der Waals surface area contributed by atoms with Gasteiger partial charge in [-0.15, -0.1) is 0 Å². The van der Waals surface area contributed by atoms with E-state index >= 15 is 0 Å². The van der Waals surface area contributed by atoms with Crippen LogP contribution in [0.4, 0.5) is 0 Å². The number of hydrogen-bond acceptors (Lipinski definition) is 6. The van der Waals surface area contributed by atoms with Crippen molar-refractivity contribution in [3.05, 3.63) is 94.0 Å². The molecule has 3 aromatic rings. The van der Waals surface area contributed by atoms with E-state index in [-0.39, 0.29) is 10.2 Å². The molecule has 0 aliphatic heterocycles. The highest BCUT2D eigenvalue weighted by Gasteiger charge is 2.14. The predicted molar refractivity (Wildman–Crippen MR) is 114 cm³/mol. The Balaban J connectivity index is 1.75. The Kier molecular flexibility index (Phi) is 6.74. The van der Waals surface area contributed by atoms with Crippen LogP contribution in [0.2, 0.25) is 5.02 Å². The maximum absolute atomic E-state index is 12.5. The Bertz CT molecular complexity index is 1160. The van der Waals surface area contributed by atoms with E-state index in [1.807, 2.05) is 12.1 Å². The van der Waals surface area contributed by atoms with Crippen LogP contribution >= 0.6 is 35.1 Å². The van der Waals surface area contributed by atoms with Gasteiger partial charge in [0.05, 0.1) is 28.3 Å². The van der Waals surface area contributed by atoms with Gasteiger partial charge in [0, 0.05) is 20.9 Å². The standard InChI is InChI=1S/C22H11ClN2O2S2/c23-19-10-9-18(28-21(26)16-5-1-14(12-24)2-6-16)11-20(19)29-22(27)17-7-3-15(13-25)4-8-17/h1-11H. The van der Waals surface area contributed by atoms with Crippen molar-refractivity contribution in [1.29, 1.82) is 10.5 Å². The Morgan fingerprint density at radius 3 is 1.69 bits per heavy atom. The van der Waals surface area contributed by atoms with Gasteiger partial charge in [-0.2, -0.15) is 10.5 Å². The van der Waals surface area contributed by atoms with Gasteiger partial charge in [-0.3, -0.25) is 9.59 Å². The molecule has 0 heterocycles. The molecule has 0 spiro atoms. The van der Waals surface area contributed by atoms with E-state index in [4.69, 9.17) is 22.1 Å². The van der Waals surface area contributed by atoms with E-state index in [1.165, 1.54) is 0 Å². The third-order valence-electron chi connectivity index (χ3n) is 3.82. The first-order chi connectivity index (χ1) is 14.0. The van der Waals surface area contributed by atoms with Crippen LogP contribution in [-0.2, 0) is 0 Å². The van der Waals surface area contributed by atoms with Gasteiger partial charge in [-0.25, -0.2) is 0 Å². The topological polar surface area (TPSA) is 81.7 Å². The lowest BCUT2D eigenvalue weighted by Crippen LogP contribution is -1.95. The Morgan fingerprint density at radius 1 is 0.724 bits per heavy atom. The van der Waals surface area contributed by atoms with Crippen LogP contribution in [0.15, 0.2) is 76.5 Å². The number of halogens is 1. The van der Waals surface area contributed by atoms with Crippen molar-refractivity contribution in [3.8, 4) is 12.1 Å². The highest BCUT2D eigenvalue weighted by molar-refractivity contribution is 8.15. The fraction of sp³-hybridized carbons (Fsp3) is 0. The number of benzene rings is 3. The summed E-state index contributed by atoms with van der Waals surface area (Å²) in [5.74, 6) is 0. The van der Waals surface area contributed by atoms with Crippen molar-refractivity contribution < 1.29 is 9.59 Å². The first kappa shape index (κ1) is 20.7. The molecular weight excluding hydrogens is 424 g/mol. The second kappa shape index (κ2) is 9.45. The quantitative estimate of drug-likeness (QED) is 0.472. The fourth-order valence-corrected chi connectivity index (χ4v) is 4.21. The average Bonchev–Trinajstić information content (AvgIpc) is 2.76. The van der Waals surface area contributed by atoms with Crippen LogP contribution in [0.3, 0.4) is 0 Å². The molecule has 0 saturated heterocycles. The van der Waals surface area contributed by atoms with Gasteiger partial charge in [0.2, 0.25) is 10.2 Å². The van der Waals surface area contributed by atoms with Crippen LogP contribution in [0, 0.1) is 22.7 Å². The normalized spacial score (nSPS) is 10.0. The molecule has 7 heteroatoms. The maximum atomic E-state index is 12.5. The third kappa shape index (κ3) is 5.28. The van der Waals surface area contributed by atoms with Gasteiger partial charge in [-0.1, -0.05) is 11.6 Å².